The van der Waals surface area contributed by atoms with Crippen LogP contribution in [0.25, 0.3) is 0 Å². The first-order chi connectivity index (χ1) is 41.2. The molecule has 89 heavy (non-hydrogen) atoms. The largest absolute Gasteiger partial charge is 0.459 e. The topological polar surface area (TPSA) is 285 Å². The number of esters is 1. The summed E-state index contributed by atoms with van der Waals surface area (Å²) in [5.41, 5.74) is 0. The molecule has 1 aliphatic rings. The van der Waals surface area contributed by atoms with Gasteiger partial charge in [0.15, 0.2) is 0 Å². The second-order valence-electron chi connectivity index (χ2n) is 26.1. The van der Waals surface area contributed by atoms with Gasteiger partial charge in [0.05, 0.1) is 13.1 Å². The Morgan fingerprint density at radius 2 is 0.921 bits per heavy atom. The number of nitrogens with zero attached hydrogens (tertiary/aromatic N) is 7. The Morgan fingerprint density at radius 1 is 0.517 bits per heavy atom. The number of hydrogen-bond acceptors (Lipinski definition) is 13. The zero-order valence-corrected chi connectivity index (χ0v) is 58.5. The van der Waals surface area contributed by atoms with E-state index in [9.17, 15) is 57.5 Å². The smallest absolute Gasteiger partial charge is 0.303 e. The monoisotopic (exact) mass is 1260 g/mol. The van der Waals surface area contributed by atoms with Crippen LogP contribution in [0, 0.1) is 35.5 Å². The van der Waals surface area contributed by atoms with E-state index < -0.39 is 156 Å². The van der Waals surface area contributed by atoms with Gasteiger partial charge in [-0.05, 0) is 87.9 Å². The van der Waals surface area contributed by atoms with Gasteiger partial charge in [-0.2, -0.15) is 0 Å². The van der Waals surface area contributed by atoms with Crippen molar-refractivity contribution in [2.45, 2.75) is 223 Å². The molecule has 1 heterocycles. The molecule has 11 atom stereocenters. The highest BCUT2D eigenvalue weighted by atomic mass is 16.5. The van der Waals surface area contributed by atoms with Crippen LogP contribution in [-0.2, 0) is 62.3 Å². The van der Waals surface area contributed by atoms with E-state index in [1.807, 2.05) is 55.4 Å². The van der Waals surface area contributed by atoms with Crippen molar-refractivity contribution >= 4 is 70.9 Å². The summed E-state index contributed by atoms with van der Waals surface area (Å²) < 4.78 is 5.84. The van der Waals surface area contributed by atoms with Crippen LogP contribution in [0.4, 0.5) is 0 Å². The molecule has 1 fully saturated rings. The molecule has 1 aliphatic heterocycles. The standard InChI is InChI=1S/C62H107N11O13.C3H8/c1-24-26-27-28-40(13)53(86-43(16)74)52-57(80)65-44(25-2)59(82)67(17)33-49(75)69(19)45(29-35(3)4)56(79)66-51(39(11)12)62(85)70(20)46(30-36(5)6)55(78)63-41(14)54(77)64-42(15)58(81)71(21)48(32-38(9)10)61(84)72(22)47(31-37(7)8)60(83)68(18)34-50(76)73(52)23;1-3-2/h24,26-27,35-42,44-48,51-53H,1,25,28-34H2,2-23H3,(H,63,78)(H,64,77)(H,65,80)(H,66,79);3H2,1-2H3/b27-26+;/t40-,41+,42-,44+,45+,46+,47+,48+,51?,52?,53-;/m1./s1. The molecular weight excluding hydrogens is 1140 g/mol. The quantitative estimate of drug-likeness (QED) is 0.123. The zero-order chi connectivity index (χ0) is 69.2. The van der Waals surface area contributed by atoms with E-state index in [0.717, 1.165) is 21.6 Å². The summed E-state index contributed by atoms with van der Waals surface area (Å²) in [7, 11) is 9.72. The third kappa shape index (κ3) is 25.9. The van der Waals surface area contributed by atoms with Crippen LogP contribution in [0.5, 0.6) is 0 Å². The van der Waals surface area contributed by atoms with Crippen LogP contribution < -0.4 is 21.3 Å². The van der Waals surface area contributed by atoms with E-state index in [-0.39, 0.29) is 62.2 Å². The maximum absolute atomic E-state index is 14.9. The number of hydrogen-bond donors (Lipinski definition) is 4. The highest BCUT2D eigenvalue weighted by Gasteiger charge is 2.44. The lowest BCUT2D eigenvalue weighted by molar-refractivity contribution is -0.161. The molecule has 508 valence electrons. The molecular formula is C65H115N11O13. The van der Waals surface area contributed by atoms with Gasteiger partial charge in [0, 0.05) is 56.3 Å². The van der Waals surface area contributed by atoms with Crippen molar-refractivity contribution in [1.29, 1.82) is 0 Å². The fourth-order valence-corrected chi connectivity index (χ4v) is 10.3. The molecule has 0 saturated carbocycles. The minimum Gasteiger partial charge on any atom is -0.459 e. The Balaban J connectivity index is 0.0000252. The van der Waals surface area contributed by atoms with Gasteiger partial charge >= 0.3 is 5.97 Å². The number of carbonyl (C=O) groups is 12. The van der Waals surface area contributed by atoms with Gasteiger partial charge in [0.2, 0.25) is 65.0 Å². The number of carbonyl (C=O) groups excluding carboxylic acids is 12. The normalized spacial score (nSPS) is 25.0. The lowest BCUT2D eigenvalue weighted by atomic mass is 9.92. The second kappa shape index (κ2) is 39.3. The van der Waals surface area contributed by atoms with Gasteiger partial charge in [-0.1, -0.05) is 128 Å². The first kappa shape index (κ1) is 82.1. The first-order valence-electron chi connectivity index (χ1n) is 31.7. The van der Waals surface area contributed by atoms with Crippen LogP contribution in [0.2, 0.25) is 0 Å². The summed E-state index contributed by atoms with van der Waals surface area (Å²) in [6.07, 6.45) is 5.67. The average molecular weight is 1260 g/mol. The van der Waals surface area contributed by atoms with Crippen molar-refractivity contribution in [2.24, 2.45) is 35.5 Å². The van der Waals surface area contributed by atoms with Crippen LogP contribution in [-0.4, -0.2) is 228 Å². The fraction of sp³-hybridized carbons (Fsp3) is 0.754. The fourth-order valence-electron chi connectivity index (χ4n) is 10.3. The minimum atomic E-state index is -1.61. The molecule has 0 aromatic heterocycles. The number of likely N-dealkylation sites (N-methyl/N-ethyl adjacent to an activating group) is 7. The molecule has 2 unspecified atom stereocenters. The molecule has 4 N–H and O–H groups in total. The highest BCUT2D eigenvalue weighted by molar-refractivity contribution is 5.99. The van der Waals surface area contributed by atoms with Crippen LogP contribution in [0.15, 0.2) is 24.8 Å². The van der Waals surface area contributed by atoms with E-state index in [2.05, 4.69) is 41.7 Å². The van der Waals surface area contributed by atoms with Crippen molar-refractivity contribution in [3.05, 3.63) is 24.8 Å². The number of allylic oxidation sites excluding steroid dienone is 3. The molecule has 0 radical (unpaired) electrons. The first-order valence-corrected chi connectivity index (χ1v) is 31.7. The van der Waals surface area contributed by atoms with E-state index in [1.165, 1.54) is 95.3 Å². The SMILES string of the molecule is C=C/C=C/C[C@@H](C)[C@@H](OC(C)=O)C1C(=O)N[C@@H](CC)C(=O)N(C)CC(=O)N(C)[C@@H](CC(C)C)C(=O)NC(C(C)C)C(=O)N(C)[C@@H](CC(C)C)C(=O)N[C@@H](C)C(=O)N[C@H](C)C(=O)N(C)[C@@H](CC(C)C)C(=O)N(C)[C@@H](CC(C)C)C(=O)N(C)CC(=O)N1C.CCC. The molecule has 11 amide bonds. The lowest BCUT2D eigenvalue weighted by Crippen LogP contribution is -2.61. The third-order valence-corrected chi connectivity index (χ3v) is 15.5. The summed E-state index contributed by atoms with van der Waals surface area (Å²) in [5, 5.41) is 10.9. The Morgan fingerprint density at radius 3 is 1.37 bits per heavy atom. The van der Waals surface area contributed by atoms with Gasteiger partial charge in [-0.3, -0.25) is 57.5 Å². The van der Waals surface area contributed by atoms with E-state index in [4.69, 9.17) is 4.74 Å². The van der Waals surface area contributed by atoms with Crippen LogP contribution in [0.3, 0.4) is 0 Å². The number of amides is 11. The third-order valence-electron chi connectivity index (χ3n) is 15.5. The zero-order valence-electron chi connectivity index (χ0n) is 58.5. The van der Waals surface area contributed by atoms with E-state index >= 15 is 0 Å². The van der Waals surface area contributed by atoms with Crippen molar-refractivity contribution in [2.75, 3.05) is 62.4 Å². The molecule has 0 bridgehead atoms. The number of ether oxygens (including phenoxy) is 1. The predicted molar refractivity (Wildman–Crippen MR) is 345 cm³/mol. The Hall–Kier alpha value is -6.88. The van der Waals surface area contributed by atoms with Gasteiger partial charge in [0.25, 0.3) is 0 Å². The molecule has 0 spiro atoms. The summed E-state index contributed by atoms with van der Waals surface area (Å²) in [5.74, 6) is -10.2. The van der Waals surface area contributed by atoms with Crippen molar-refractivity contribution in [3.63, 3.8) is 0 Å². The molecule has 1 rings (SSSR count). The molecule has 0 aromatic rings. The van der Waals surface area contributed by atoms with Gasteiger partial charge in [0.1, 0.15) is 60.5 Å². The predicted octanol–water partition coefficient (Wildman–Crippen LogP) is 4.40. The summed E-state index contributed by atoms with van der Waals surface area (Å²) in [4.78, 5) is 180. The maximum atomic E-state index is 14.9. The molecule has 24 nitrogen and oxygen atoms in total. The van der Waals surface area contributed by atoms with Crippen LogP contribution in [0.1, 0.15) is 163 Å². The van der Waals surface area contributed by atoms with Crippen molar-refractivity contribution in [3.8, 4) is 0 Å². The molecule has 0 aromatic carbocycles. The second-order valence-corrected chi connectivity index (χ2v) is 26.1. The molecule has 24 heteroatoms. The Labute approximate surface area is 532 Å². The maximum Gasteiger partial charge on any atom is 0.303 e. The summed E-state index contributed by atoms with van der Waals surface area (Å²) in [6.45, 7) is 32.4. The molecule has 0 aliphatic carbocycles. The molecule has 1 saturated heterocycles. The van der Waals surface area contributed by atoms with Gasteiger partial charge in [-0.25, -0.2) is 0 Å². The Kier molecular flexibility index (Phi) is 36.3. The summed E-state index contributed by atoms with van der Waals surface area (Å²) in [6, 6.07) is -11.2. The Bertz CT molecular complexity index is 2430. The van der Waals surface area contributed by atoms with Gasteiger partial charge < -0.3 is 60.3 Å². The minimum absolute atomic E-state index is 0.00787. The summed E-state index contributed by atoms with van der Waals surface area (Å²) >= 11 is 0. The van der Waals surface area contributed by atoms with E-state index in [1.54, 1.807) is 39.8 Å². The van der Waals surface area contributed by atoms with Crippen LogP contribution >= 0.6 is 0 Å². The van der Waals surface area contributed by atoms with Crippen molar-refractivity contribution in [1.82, 2.24) is 55.6 Å². The number of nitrogens with one attached hydrogen (secondary N) is 4. The average Bonchev–Trinajstić information content (AvgIpc) is 1.18. The van der Waals surface area contributed by atoms with Gasteiger partial charge in [-0.15, -0.1) is 0 Å². The number of rotatable bonds is 16. The highest BCUT2D eigenvalue weighted by Crippen LogP contribution is 2.24. The van der Waals surface area contributed by atoms with Crippen molar-refractivity contribution < 1.29 is 62.3 Å². The lowest BCUT2D eigenvalue weighted by Gasteiger charge is -2.39. The van der Waals surface area contributed by atoms with E-state index in [0.29, 0.717) is 0 Å².